The maximum absolute atomic E-state index is 15.8. The van der Waals surface area contributed by atoms with Crippen LogP contribution in [0.25, 0.3) is 0 Å². The summed E-state index contributed by atoms with van der Waals surface area (Å²) in [5.41, 5.74) is 12.2. The minimum absolute atomic E-state index is 0.00115. The molecule has 0 unspecified atom stereocenters. The number of anilines is 1. The second-order valence-corrected chi connectivity index (χ2v) is 29.1. The second-order valence-electron chi connectivity index (χ2n) is 29.1. The van der Waals surface area contributed by atoms with E-state index >= 15 is 9.59 Å². The van der Waals surface area contributed by atoms with Gasteiger partial charge >= 0.3 is 18.1 Å². The molecule has 590 valence electrons. The molecule has 1 saturated heterocycles. The maximum atomic E-state index is 15.8. The number of carbonyl (C=O) groups excluding carboxylic acids is 8. The van der Waals surface area contributed by atoms with Gasteiger partial charge in [-0.2, -0.15) is 0 Å². The van der Waals surface area contributed by atoms with Gasteiger partial charge in [0.15, 0.2) is 6.29 Å². The van der Waals surface area contributed by atoms with Crippen molar-refractivity contribution in [1.82, 2.24) is 25.8 Å². The van der Waals surface area contributed by atoms with E-state index in [2.05, 4.69) is 29.8 Å². The van der Waals surface area contributed by atoms with Crippen molar-refractivity contribution in [2.24, 2.45) is 11.7 Å². The van der Waals surface area contributed by atoms with Crippen LogP contribution >= 0.6 is 0 Å². The molecule has 0 bridgehead atoms. The van der Waals surface area contributed by atoms with E-state index in [4.69, 9.17) is 30.4 Å². The molecule has 3 rings (SSSR count). The number of nitrogen functional groups attached to an aromatic ring is 1. The highest BCUT2D eigenvalue weighted by Crippen LogP contribution is 2.28. The topological polar surface area (TPSA) is 369 Å². The van der Waals surface area contributed by atoms with Crippen LogP contribution in [-0.2, 0) is 54.3 Å². The Bertz CT molecular complexity index is 2510. The molecule has 12 N–H and O–H groups in total. The lowest BCUT2D eigenvalue weighted by Gasteiger charge is -2.41. The molecule has 10 atom stereocenters. The first-order valence-corrected chi connectivity index (χ1v) is 40.0. The minimum atomic E-state index is -1.99. The molecule has 0 saturated carbocycles. The summed E-state index contributed by atoms with van der Waals surface area (Å²) in [5.74, 6) is -4.60. The molecule has 0 radical (unpaired) electrons. The molecule has 2 aliphatic heterocycles. The lowest BCUT2D eigenvalue weighted by molar-refractivity contribution is -0.304. The van der Waals surface area contributed by atoms with E-state index in [-0.39, 0.29) is 45.2 Å². The Morgan fingerprint density at radius 3 is 1.53 bits per heavy atom. The summed E-state index contributed by atoms with van der Waals surface area (Å²) in [6.45, 7) is 5.65. The SMILES string of the molecule is CCCCCCCCCCCCCCCCCCCCCCCCCC(=O)O[C@H](CCCCCCCCCCCCCC)[C@@H](O)[C@H](CO[C@H]1O[C@H](CO)[C@H](O)[C@H](O)[C@H]1O)N(C(=O)OCc1ccc(N)cc1)C(=O)[C@H](CCCNC(N)=O)NC(=O)[C@@H](NC(=O)CCCCCN1C(=O)C=CC1=O)C(C)C. The largest absolute Gasteiger partial charge is 0.460 e. The number of carbonyl (C=O) groups is 8. The van der Waals surface area contributed by atoms with Gasteiger partial charge < -0.3 is 71.9 Å². The average molecular weight is 1460 g/mol. The molecule has 1 fully saturated rings. The number of nitrogens with one attached hydrogen (secondary N) is 3. The zero-order valence-corrected chi connectivity index (χ0v) is 63.4. The summed E-state index contributed by atoms with van der Waals surface area (Å²) in [7, 11) is 0. The van der Waals surface area contributed by atoms with Gasteiger partial charge in [0.05, 0.1) is 19.3 Å². The van der Waals surface area contributed by atoms with Gasteiger partial charge in [0, 0.05) is 43.8 Å². The summed E-state index contributed by atoms with van der Waals surface area (Å²) in [6, 6.07) is 0.538. The fourth-order valence-electron chi connectivity index (χ4n) is 13.3. The van der Waals surface area contributed by atoms with E-state index < -0.39 is 134 Å². The van der Waals surface area contributed by atoms with Crippen LogP contribution in [0, 0.1) is 5.92 Å². The predicted octanol–water partition coefficient (Wildman–Crippen LogP) is 12.2. The van der Waals surface area contributed by atoms with Gasteiger partial charge in [-0.25, -0.2) is 14.5 Å². The number of nitrogens with zero attached hydrogens (tertiary/aromatic N) is 2. The van der Waals surface area contributed by atoms with Crippen LogP contribution in [0.15, 0.2) is 36.4 Å². The Hall–Kier alpha value is -5.76. The summed E-state index contributed by atoms with van der Waals surface area (Å²) < 4.78 is 24.0. The Morgan fingerprint density at radius 2 is 1.06 bits per heavy atom. The third kappa shape index (κ3) is 39.4. The van der Waals surface area contributed by atoms with E-state index in [0.717, 1.165) is 69.1 Å². The van der Waals surface area contributed by atoms with Crippen LogP contribution in [0.1, 0.15) is 309 Å². The molecule has 1 aromatic rings. The number of esters is 1. The monoisotopic (exact) mass is 1460 g/mol. The molecule has 0 spiro atoms. The number of aliphatic hydroxyl groups is 5. The van der Waals surface area contributed by atoms with Gasteiger partial charge in [-0.3, -0.25) is 33.7 Å². The molecule has 24 heteroatoms. The van der Waals surface area contributed by atoms with Gasteiger partial charge in [-0.15, -0.1) is 0 Å². The molecule has 103 heavy (non-hydrogen) atoms. The number of primary amides is 1. The first kappa shape index (κ1) is 91.4. The number of unbranched alkanes of at least 4 members (excludes halogenated alkanes) is 35. The van der Waals surface area contributed by atoms with Crippen molar-refractivity contribution in [2.75, 3.05) is 32.0 Å². The Balaban J connectivity index is 1.91. The summed E-state index contributed by atoms with van der Waals surface area (Å²) in [4.78, 5) is 111. The van der Waals surface area contributed by atoms with Crippen molar-refractivity contribution in [3.63, 3.8) is 0 Å². The highest BCUT2D eigenvalue weighted by molar-refractivity contribution is 6.12. The number of ether oxygens (including phenoxy) is 4. The Kier molecular flexibility index (Phi) is 50.2. The van der Waals surface area contributed by atoms with E-state index in [1.165, 1.54) is 153 Å². The molecule has 0 aliphatic carbocycles. The number of rotatable bonds is 62. The van der Waals surface area contributed by atoms with Gasteiger partial charge in [0.2, 0.25) is 11.8 Å². The number of amides is 8. The summed E-state index contributed by atoms with van der Waals surface area (Å²) in [5, 5.41) is 64.1. The van der Waals surface area contributed by atoms with Gasteiger partial charge in [0.25, 0.3) is 17.7 Å². The van der Waals surface area contributed by atoms with Crippen LogP contribution < -0.4 is 27.4 Å². The smallest absolute Gasteiger partial charge is 0.417 e. The second kappa shape index (κ2) is 56.6. The number of imide groups is 2. The standard InChI is InChI=1S/C79H137N7O17/c1-5-7-9-11-13-15-17-19-20-21-22-23-24-25-26-27-28-29-31-33-35-37-41-47-69(91)102-64(45-39-36-34-32-30-18-16-14-12-10-8-6-2)71(92)63(58-100-77-74(95)73(94)72(93)65(56-87)103-77)86(79(99)101-57-60-48-50-61(80)51-49-60)76(97)62(44-43-54-82-78(81)98)83-75(96)70(59(3)4)84-66(88)46-40-38-42-55-85-67(89)52-53-68(85)90/h48-53,59,62-65,70-74,77,87,92-95H,5-47,54-58,80H2,1-4H3,(H,83,96)(H,84,88)(H3,81,82,98)/t62-,63-,64+,65+,70-,71-,72-,73-,74+,77-/m0/s1. The number of hydrogen-bond acceptors (Lipinski definition) is 18. The summed E-state index contributed by atoms with van der Waals surface area (Å²) >= 11 is 0. The van der Waals surface area contributed by atoms with Gasteiger partial charge in [-0.1, -0.05) is 258 Å². The fourth-order valence-corrected chi connectivity index (χ4v) is 13.3. The highest BCUT2D eigenvalue weighted by atomic mass is 16.7. The predicted molar refractivity (Wildman–Crippen MR) is 399 cm³/mol. The molecule has 0 aromatic heterocycles. The van der Waals surface area contributed by atoms with E-state index in [1.54, 1.807) is 38.1 Å². The van der Waals surface area contributed by atoms with Crippen molar-refractivity contribution < 1.29 is 82.8 Å². The molecule has 1 aromatic carbocycles. The molecule has 2 aliphatic rings. The van der Waals surface area contributed by atoms with Crippen molar-refractivity contribution in [3.8, 4) is 0 Å². The van der Waals surface area contributed by atoms with Crippen molar-refractivity contribution >= 4 is 53.3 Å². The fraction of sp³-hybridized carbons (Fsp3) is 0.797. The van der Waals surface area contributed by atoms with Crippen molar-refractivity contribution in [2.45, 2.75) is 371 Å². The molecule has 2 heterocycles. The first-order valence-electron chi connectivity index (χ1n) is 40.0. The maximum Gasteiger partial charge on any atom is 0.417 e. The normalized spacial score (nSPS) is 18.2. The number of hydrogen-bond donors (Lipinski definition) is 10. The highest BCUT2D eigenvalue weighted by Gasteiger charge is 2.48. The molecule has 8 amide bonds. The zero-order valence-electron chi connectivity index (χ0n) is 63.4. The van der Waals surface area contributed by atoms with Crippen molar-refractivity contribution in [1.29, 1.82) is 0 Å². The third-order valence-corrected chi connectivity index (χ3v) is 19.8. The number of aliphatic hydroxyl groups excluding tert-OH is 5. The molecular formula is C79H137N7O17. The summed E-state index contributed by atoms with van der Waals surface area (Å²) in [6.07, 6.45) is 29.9. The number of nitrogens with two attached hydrogens (primary N) is 2. The third-order valence-electron chi connectivity index (χ3n) is 19.8. The number of urea groups is 1. The van der Waals surface area contributed by atoms with E-state index in [1.807, 2.05) is 0 Å². The first-order chi connectivity index (χ1) is 49.7. The minimum Gasteiger partial charge on any atom is -0.460 e. The van der Waals surface area contributed by atoms with Crippen LogP contribution in [0.3, 0.4) is 0 Å². The quantitative estimate of drug-likeness (QED) is 0.0125. The van der Waals surface area contributed by atoms with Crippen molar-refractivity contribution in [3.05, 3.63) is 42.0 Å². The van der Waals surface area contributed by atoms with Crippen LogP contribution in [-0.4, -0.2) is 170 Å². The molecular weight excluding hydrogens is 1320 g/mol. The lowest BCUT2D eigenvalue weighted by Crippen LogP contribution is -2.63. The number of benzene rings is 1. The average Bonchev–Trinajstić information content (AvgIpc) is 0.948. The van der Waals surface area contributed by atoms with E-state index in [0.29, 0.717) is 54.7 Å². The van der Waals surface area contributed by atoms with Gasteiger partial charge in [-0.05, 0) is 68.6 Å². The van der Waals surface area contributed by atoms with Gasteiger partial charge in [0.1, 0.15) is 55.3 Å². The van der Waals surface area contributed by atoms with Crippen LogP contribution in [0.4, 0.5) is 15.3 Å². The Morgan fingerprint density at radius 1 is 0.592 bits per heavy atom. The van der Waals surface area contributed by atoms with Crippen LogP contribution in [0.2, 0.25) is 0 Å². The Labute approximate surface area is 616 Å². The zero-order chi connectivity index (χ0) is 75.4. The van der Waals surface area contributed by atoms with Crippen LogP contribution in [0.5, 0.6) is 0 Å². The van der Waals surface area contributed by atoms with E-state index in [9.17, 15) is 54.3 Å². The lowest BCUT2D eigenvalue weighted by atomic mass is 9.96. The molecule has 24 nitrogen and oxygen atoms in total.